The van der Waals surface area contributed by atoms with Gasteiger partial charge in [-0.1, -0.05) is 77.4 Å². The normalized spacial score (nSPS) is 14.5. The third kappa shape index (κ3) is 5.52. The molecule has 0 radical (unpaired) electrons. The van der Waals surface area contributed by atoms with Gasteiger partial charge in [0, 0.05) is 37.3 Å². The first-order valence-electron chi connectivity index (χ1n) is 9.83. The molecule has 2 nitrogen and oxygen atoms in total. The van der Waals surface area contributed by atoms with Crippen molar-refractivity contribution in [2.75, 3.05) is 37.6 Å². The summed E-state index contributed by atoms with van der Waals surface area (Å²) in [6, 6.07) is 15.4. The molecule has 2 heteroatoms. The standard InChI is InChI=1S/C18H24N2.2C2H6/c1-2-3-11-19-12-14-20(15-13-19)18-10-6-8-16-7-4-5-9-17(16)18;2*1-2/h4-10H,2-3,11-15H2,1H3;2*1-2H3. The van der Waals surface area contributed by atoms with Gasteiger partial charge in [0.05, 0.1) is 0 Å². The van der Waals surface area contributed by atoms with Gasteiger partial charge in [-0.15, -0.1) is 0 Å². The fraction of sp³-hybridized carbons (Fsp3) is 0.545. The molecule has 1 saturated heterocycles. The summed E-state index contributed by atoms with van der Waals surface area (Å²) in [5.41, 5.74) is 1.40. The molecule has 0 saturated carbocycles. The minimum absolute atomic E-state index is 1.15. The van der Waals surface area contributed by atoms with Crippen LogP contribution in [0.25, 0.3) is 10.8 Å². The highest BCUT2D eigenvalue weighted by Gasteiger charge is 2.17. The average Bonchev–Trinajstić information content (AvgIpc) is 2.69. The van der Waals surface area contributed by atoms with Gasteiger partial charge in [0.1, 0.15) is 0 Å². The van der Waals surface area contributed by atoms with Gasteiger partial charge in [0.15, 0.2) is 0 Å². The Morgan fingerprint density at radius 1 is 0.792 bits per heavy atom. The van der Waals surface area contributed by atoms with Gasteiger partial charge in [0.25, 0.3) is 0 Å². The highest BCUT2D eigenvalue weighted by atomic mass is 15.3. The van der Waals surface area contributed by atoms with Gasteiger partial charge in [-0.3, -0.25) is 4.90 Å². The Hall–Kier alpha value is -1.54. The molecule has 2 aromatic rings. The van der Waals surface area contributed by atoms with Crippen LogP contribution < -0.4 is 4.90 Å². The minimum Gasteiger partial charge on any atom is -0.368 e. The zero-order valence-corrected chi connectivity index (χ0v) is 16.4. The Balaban J connectivity index is 0.000000671. The second kappa shape index (κ2) is 11.9. The fourth-order valence-corrected chi connectivity index (χ4v) is 3.08. The summed E-state index contributed by atoms with van der Waals surface area (Å²) >= 11 is 0. The molecule has 0 aromatic heterocycles. The van der Waals surface area contributed by atoms with Gasteiger partial charge < -0.3 is 4.90 Å². The summed E-state index contributed by atoms with van der Waals surface area (Å²) in [5.74, 6) is 0. The van der Waals surface area contributed by atoms with E-state index in [0.29, 0.717) is 0 Å². The Kier molecular flexibility index (Phi) is 10.2. The molecule has 0 bridgehead atoms. The molecule has 1 aliphatic heterocycles. The zero-order valence-electron chi connectivity index (χ0n) is 16.4. The van der Waals surface area contributed by atoms with Crippen molar-refractivity contribution in [2.45, 2.75) is 47.5 Å². The topological polar surface area (TPSA) is 6.48 Å². The van der Waals surface area contributed by atoms with Crippen LogP contribution in [0.5, 0.6) is 0 Å². The van der Waals surface area contributed by atoms with Crippen LogP contribution in [-0.2, 0) is 0 Å². The second-order valence-electron chi connectivity index (χ2n) is 5.68. The Morgan fingerprint density at radius 2 is 1.42 bits per heavy atom. The fourth-order valence-electron chi connectivity index (χ4n) is 3.08. The number of unbranched alkanes of at least 4 members (excludes halogenated alkanes) is 1. The summed E-state index contributed by atoms with van der Waals surface area (Å²) in [6.07, 6.45) is 2.62. The van der Waals surface area contributed by atoms with Gasteiger partial charge in [-0.05, 0) is 24.4 Å². The smallest absolute Gasteiger partial charge is 0.0446 e. The number of piperazine rings is 1. The molecule has 3 rings (SSSR count). The van der Waals surface area contributed by atoms with E-state index in [0.717, 1.165) is 13.1 Å². The first kappa shape index (κ1) is 20.5. The number of hydrogen-bond donors (Lipinski definition) is 0. The van der Waals surface area contributed by atoms with Crippen LogP contribution in [-0.4, -0.2) is 37.6 Å². The predicted octanol–water partition coefficient (Wildman–Crippen LogP) is 5.81. The highest BCUT2D eigenvalue weighted by Crippen LogP contribution is 2.27. The van der Waals surface area contributed by atoms with Crippen LogP contribution >= 0.6 is 0 Å². The molecule has 0 amide bonds. The number of nitrogens with zero attached hydrogens (tertiary/aromatic N) is 2. The van der Waals surface area contributed by atoms with Crippen molar-refractivity contribution < 1.29 is 0 Å². The van der Waals surface area contributed by atoms with E-state index in [2.05, 4.69) is 59.2 Å². The SMILES string of the molecule is CC.CC.CCCCN1CCN(c2cccc3ccccc23)CC1. The molecule has 2 aromatic carbocycles. The van der Waals surface area contributed by atoms with Crippen molar-refractivity contribution in [2.24, 2.45) is 0 Å². The lowest BCUT2D eigenvalue weighted by molar-refractivity contribution is 0.254. The molecule has 0 N–H and O–H groups in total. The molecule has 0 spiro atoms. The van der Waals surface area contributed by atoms with E-state index in [1.807, 2.05) is 27.7 Å². The van der Waals surface area contributed by atoms with Crippen molar-refractivity contribution in [3.63, 3.8) is 0 Å². The maximum atomic E-state index is 2.60. The summed E-state index contributed by atoms with van der Waals surface area (Å²) in [7, 11) is 0. The molecule has 24 heavy (non-hydrogen) atoms. The van der Waals surface area contributed by atoms with Crippen LogP contribution in [0.2, 0.25) is 0 Å². The van der Waals surface area contributed by atoms with E-state index in [9.17, 15) is 0 Å². The van der Waals surface area contributed by atoms with E-state index in [4.69, 9.17) is 0 Å². The lowest BCUT2D eigenvalue weighted by Crippen LogP contribution is -2.46. The van der Waals surface area contributed by atoms with E-state index in [-0.39, 0.29) is 0 Å². The number of anilines is 1. The first-order chi connectivity index (χ1) is 11.9. The summed E-state index contributed by atoms with van der Waals surface area (Å²) in [6.45, 7) is 16.2. The van der Waals surface area contributed by atoms with Crippen molar-refractivity contribution >= 4 is 16.5 Å². The zero-order chi connectivity index (χ0) is 17.8. The van der Waals surface area contributed by atoms with Crippen molar-refractivity contribution in [3.05, 3.63) is 42.5 Å². The third-order valence-corrected chi connectivity index (χ3v) is 4.31. The van der Waals surface area contributed by atoms with E-state index in [1.54, 1.807) is 0 Å². The minimum atomic E-state index is 1.15. The number of rotatable bonds is 4. The van der Waals surface area contributed by atoms with E-state index < -0.39 is 0 Å². The monoisotopic (exact) mass is 328 g/mol. The third-order valence-electron chi connectivity index (χ3n) is 4.31. The lowest BCUT2D eigenvalue weighted by atomic mass is 10.1. The molecule has 0 unspecified atom stereocenters. The second-order valence-corrected chi connectivity index (χ2v) is 5.68. The molecule has 1 fully saturated rings. The molecular weight excluding hydrogens is 292 g/mol. The van der Waals surface area contributed by atoms with Gasteiger partial charge in [-0.25, -0.2) is 0 Å². The van der Waals surface area contributed by atoms with Crippen molar-refractivity contribution in [3.8, 4) is 0 Å². The molecule has 0 atom stereocenters. The van der Waals surface area contributed by atoms with Gasteiger partial charge in [-0.2, -0.15) is 0 Å². The molecule has 1 aliphatic rings. The quantitative estimate of drug-likeness (QED) is 0.698. The molecular formula is C22H36N2. The van der Waals surface area contributed by atoms with Crippen molar-refractivity contribution in [1.29, 1.82) is 0 Å². The van der Waals surface area contributed by atoms with Crippen LogP contribution in [0.4, 0.5) is 5.69 Å². The first-order valence-corrected chi connectivity index (χ1v) is 9.83. The average molecular weight is 329 g/mol. The Morgan fingerprint density at radius 3 is 2.08 bits per heavy atom. The van der Waals surface area contributed by atoms with Crippen LogP contribution in [0.15, 0.2) is 42.5 Å². The largest absolute Gasteiger partial charge is 0.368 e. The highest BCUT2D eigenvalue weighted by molar-refractivity contribution is 5.94. The number of fused-ring (bicyclic) bond motifs is 1. The molecule has 1 heterocycles. The van der Waals surface area contributed by atoms with Crippen LogP contribution in [0.1, 0.15) is 47.5 Å². The van der Waals surface area contributed by atoms with Gasteiger partial charge >= 0.3 is 0 Å². The van der Waals surface area contributed by atoms with E-state index in [1.165, 1.54) is 48.9 Å². The summed E-state index contributed by atoms with van der Waals surface area (Å²) in [5, 5.41) is 2.73. The van der Waals surface area contributed by atoms with E-state index >= 15 is 0 Å². The lowest BCUT2D eigenvalue weighted by Gasteiger charge is -2.36. The Bertz CT molecular complexity index is 551. The maximum Gasteiger partial charge on any atom is 0.0446 e. The van der Waals surface area contributed by atoms with Gasteiger partial charge in [0.2, 0.25) is 0 Å². The summed E-state index contributed by atoms with van der Waals surface area (Å²) in [4.78, 5) is 5.15. The Labute approximate surface area is 149 Å². The predicted molar refractivity (Wildman–Crippen MR) is 110 cm³/mol. The number of benzene rings is 2. The van der Waals surface area contributed by atoms with Crippen LogP contribution in [0, 0.1) is 0 Å². The van der Waals surface area contributed by atoms with Crippen LogP contribution in [0.3, 0.4) is 0 Å². The maximum absolute atomic E-state index is 2.60. The summed E-state index contributed by atoms with van der Waals surface area (Å²) < 4.78 is 0. The molecule has 134 valence electrons. The van der Waals surface area contributed by atoms with Crippen molar-refractivity contribution in [1.82, 2.24) is 4.90 Å². The molecule has 0 aliphatic carbocycles. The number of hydrogen-bond acceptors (Lipinski definition) is 2.